The van der Waals surface area contributed by atoms with E-state index in [1.54, 1.807) is 0 Å². The van der Waals surface area contributed by atoms with Crippen LogP contribution in [0, 0.1) is 0 Å². The van der Waals surface area contributed by atoms with Gasteiger partial charge in [-0.05, 0) is 44.3 Å². The molecule has 0 aliphatic heterocycles. The number of ether oxygens (including phenoxy) is 1. The summed E-state index contributed by atoms with van der Waals surface area (Å²) < 4.78 is 5.73. The fourth-order valence-corrected chi connectivity index (χ4v) is 3.91. The summed E-state index contributed by atoms with van der Waals surface area (Å²) in [6, 6.07) is 17.2. The highest BCUT2D eigenvalue weighted by molar-refractivity contribution is 9.10. The second-order valence-electron chi connectivity index (χ2n) is 6.41. The van der Waals surface area contributed by atoms with Gasteiger partial charge in [-0.3, -0.25) is 5.32 Å². The first-order valence-electron chi connectivity index (χ1n) is 8.67. The molecule has 0 spiro atoms. The van der Waals surface area contributed by atoms with Crippen LogP contribution in [-0.4, -0.2) is 28.8 Å². The lowest BCUT2D eigenvalue weighted by Gasteiger charge is -2.15. The number of nitrogens with one attached hydrogen (secondary N) is 1. The van der Waals surface area contributed by atoms with Crippen molar-refractivity contribution < 1.29 is 19.4 Å². The average molecular weight is 474 g/mol. The quantitative estimate of drug-likeness (QED) is 0.485. The fourth-order valence-electron chi connectivity index (χ4n) is 3.46. The third kappa shape index (κ3) is 3.71. The van der Waals surface area contributed by atoms with E-state index in [0.29, 0.717) is 4.47 Å². The molecule has 1 aliphatic rings. The Balaban J connectivity index is 1.53. The Morgan fingerprint density at radius 2 is 1.69 bits per heavy atom. The van der Waals surface area contributed by atoms with Crippen molar-refractivity contribution in [3.05, 3.63) is 80.9 Å². The van der Waals surface area contributed by atoms with Gasteiger partial charge in [0.2, 0.25) is 0 Å². The number of carbonyl (C=O) groups is 2. The van der Waals surface area contributed by atoms with Gasteiger partial charge in [0.15, 0.2) is 5.82 Å². The summed E-state index contributed by atoms with van der Waals surface area (Å²) in [4.78, 5) is 27.7. The highest BCUT2D eigenvalue weighted by atomic mass is 79.9. The Kier molecular flexibility index (Phi) is 5.25. The lowest BCUT2D eigenvalue weighted by Crippen LogP contribution is -2.20. The number of aromatic nitrogens is 1. The molecule has 0 saturated heterocycles. The Morgan fingerprint density at radius 1 is 1.10 bits per heavy atom. The summed E-state index contributed by atoms with van der Waals surface area (Å²) in [6.45, 7) is 0.104. The number of nitrogens with zero attached hydrogens (tertiary/aromatic N) is 1. The van der Waals surface area contributed by atoms with Crippen molar-refractivity contribution in [1.29, 1.82) is 0 Å². The van der Waals surface area contributed by atoms with Crippen molar-refractivity contribution in [2.24, 2.45) is 0 Å². The van der Waals surface area contributed by atoms with E-state index in [1.807, 2.05) is 48.5 Å². The standard InChI is InChI=1S/C21H14BrClN2O4/c22-17-9-15(20(26)27)19(24-18(17)23)25-21(28)29-10-16-13-7-3-1-5-11(13)12-6-2-4-8-14(12)16/h1-9,16H,10H2,(H,26,27)(H,24,25,28). The Hall–Kier alpha value is -2.90. The zero-order valence-electron chi connectivity index (χ0n) is 14.9. The molecule has 0 unspecified atom stereocenters. The van der Waals surface area contributed by atoms with Crippen molar-refractivity contribution in [2.75, 3.05) is 11.9 Å². The Bertz CT molecular complexity index is 1090. The van der Waals surface area contributed by atoms with Crippen molar-refractivity contribution >= 4 is 45.4 Å². The number of carboxylic acids is 1. The predicted octanol–water partition coefficient (Wildman–Crippen LogP) is 5.56. The van der Waals surface area contributed by atoms with Crippen LogP contribution in [0.4, 0.5) is 10.6 Å². The van der Waals surface area contributed by atoms with Gasteiger partial charge in [0.1, 0.15) is 17.3 Å². The van der Waals surface area contributed by atoms with Crippen LogP contribution in [0.15, 0.2) is 59.1 Å². The van der Waals surface area contributed by atoms with Gasteiger partial charge in [-0.2, -0.15) is 0 Å². The van der Waals surface area contributed by atoms with Gasteiger partial charge < -0.3 is 9.84 Å². The first kappa shape index (κ1) is 19.4. The van der Waals surface area contributed by atoms with E-state index in [4.69, 9.17) is 16.3 Å². The molecule has 1 aromatic heterocycles. The van der Waals surface area contributed by atoms with Crippen LogP contribution < -0.4 is 5.32 Å². The number of carbonyl (C=O) groups excluding carboxylic acids is 1. The molecule has 0 radical (unpaired) electrons. The number of aromatic carboxylic acids is 1. The second kappa shape index (κ2) is 7.85. The van der Waals surface area contributed by atoms with Crippen LogP contribution in [0.2, 0.25) is 5.15 Å². The normalized spacial score (nSPS) is 12.2. The number of hydrogen-bond donors (Lipinski definition) is 2. The number of benzene rings is 2. The highest BCUT2D eigenvalue weighted by Crippen LogP contribution is 2.44. The molecule has 6 nitrogen and oxygen atoms in total. The van der Waals surface area contributed by atoms with Gasteiger partial charge in [-0.25, -0.2) is 14.6 Å². The maximum Gasteiger partial charge on any atom is 0.412 e. The molecule has 4 rings (SSSR count). The smallest absolute Gasteiger partial charge is 0.412 e. The molecule has 146 valence electrons. The van der Waals surface area contributed by atoms with E-state index in [0.717, 1.165) is 22.3 Å². The number of hydrogen-bond acceptors (Lipinski definition) is 4. The minimum atomic E-state index is -1.25. The second-order valence-corrected chi connectivity index (χ2v) is 7.63. The summed E-state index contributed by atoms with van der Waals surface area (Å²) in [5.41, 5.74) is 4.20. The van der Waals surface area contributed by atoms with Crippen LogP contribution >= 0.6 is 27.5 Å². The number of anilines is 1. The van der Waals surface area contributed by atoms with E-state index in [1.165, 1.54) is 6.07 Å². The Morgan fingerprint density at radius 3 is 2.28 bits per heavy atom. The molecule has 3 aromatic rings. The van der Waals surface area contributed by atoms with E-state index in [-0.39, 0.29) is 29.1 Å². The molecule has 2 aromatic carbocycles. The summed E-state index contributed by atoms with van der Waals surface area (Å²) in [6.07, 6.45) is -0.805. The molecule has 1 aliphatic carbocycles. The van der Waals surface area contributed by atoms with Gasteiger partial charge in [0.25, 0.3) is 0 Å². The SMILES string of the molecule is O=C(Nc1nc(Cl)c(Br)cc1C(=O)O)OCC1c2ccccc2-c2ccccc21. The van der Waals surface area contributed by atoms with Crippen molar-refractivity contribution in [3.63, 3.8) is 0 Å². The summed E-state index contributed by atoms with van der Waals surface area (Å²) in [5.74, 6) is -1.53. The molecule has 0 atom stereocenters. The zero-order chi connectivity index (χ0) is 20.5. The van der Waals surface area contributed by atoms with Crippen molar-refractivity contribution in [1.82, 2.24) is 4.98 Å². The lowest BCUT2D eigenvalue weighted by molar-refractivity contribution is 0.0697. The van der Waals surface area contributed by atoms with Crippen LogP contribution in [0.3, 0.4) is 0 Å². The molecule has 8 heteroatoms. The number of amides is 1. The minimum absolute atomic E-state index is 0.0314. The molecule has 2 N–H and O–H groups in total. The maximum absolute atomic E-state index is 12.3. The summed E-state index contributed by atoms with van der Waals surface area (Å²) in [5, 5.41) is 11.7. The van der Waals surface area contributed by atoms with E-state index < -0.39 is 12.1 Å². The van der Waals surface area contributed by atoms with Crippen LogP contribution in [0.25, 0.3) is 11.1 Å². The first-order chi connectivity index (χ1) is 14.0. The monoisotopic (exact) mass is 472 g/mol. The highest BCUT2D eigenvalue weighted by Gasteiger charge is 2.29. The lowest BCUT2D eigenvalue weighted by atomic mass is 9.98. The van der Waals surface area contributed by atoms with E-state index in [9.17, 15) is 14.7 Å². The third-order valence-electron chi connectivity index (χ3n) is 4.73. The fraction of sp³-hybridized carbons (Fsp3) is 0.0952. The molecule has 0 saturated carbocycles. The van der Waals surface area contributed by atoms with E-state index in [2.05, 4.69) is 26.2 Å². The molecule has 1 amide bonds. The van der Waals surface area contributed by atoms with Crippen molar-refractivity contribution in [2.45, 2.75) is 5.92 Å². The summed E-state index contributed by atoms with van der Waals surface area (Å²) in [7, 11) is 0. The molecule has 1 heterocycles. The average Bonchev–Trinajstić information content (AvgIpc) is 3.03. The Labute approximate surface area is 179 Å². The molecule has 0 bridgehead atoms. The number of rotatable bonds is 4. The topological polar surface area (TPSA) is 88.5 Å². The largest absolute Gasteiger partial charge is 0.478 e. The molecule has 0 fully saturated rings. The first-order valence-corrected chi connectivity index (χ1v) is 9.84. The molecular weight excluding hydrogens is 460 g/mol. The van der Waals surface area contributed by atoms with Gasteiger partial charge >= 0.3 is 12.1 Å². The van der Waals surface area contributed by atoms with Crippen LogP contribution in [-0.2, 0) is 4.74 Å². The maximum atomic E-state index is 12.3. The predicted molar refractivity (Wildman–Crippen MR) is 113 cm³/mol. The molecular formula is C21H14BrClN2O4. The van der Waals surface area contributed by atoms with Crippen molar-refractivity contribution in [3.8, 4) is 11.1 Å². The zero-order valence-corrected chi connectivity index (χ0v) is 17.2. The number of fused-ring (bicyclic) bond motifs is 3. The number of pyridine rings is 1. The van der Waals surface area contributed by atoms with Gasteiger partial charge in [0, 0.05) is 5.92 Å². The summed E-state index contributed by atoms with van der Waals surface area (Å²) >= 11 is 9.04. The van der Waals surface area contributed by atoms with Crippen LogP contribution in [0.1, 0.15) is 27.4 Å². The molecule has 29 heavy (non-hydrogen) atoms. The third-order valence-corrected chi connectivity index (χ3v) is 5.85. The minimum Gasteiger partial charge on any atom is -0.478 e. The van der Waals surface area contributed by atoms with E-state index >= 15 is 0 Å². The van der Waals surface area contributed by atoms with Crippen LogP contribution in [0.5, 0.6) is 0 Å². The van der Waals surface area contributed by atoms with Gasteiger partial charge in [-0.15, -0.1) is 0 Å². The van der Waals surface area contributed by atoms with Gasteiger partial charge in [-0.1, -0.05) is 60.1 Å². The number of halogens is 2. The van der Waals surface area contributed by atoms with Gasteiger partial charge in [0.05, 0.1) is 4.47 Å². The number of carboxylic acid groups (broad SMARTS) is 1.